The maximum absolute atomic E-state index is 12.9. The van der Waals surface area contributed by atoms with Crippen LogP contribution in [0.4, 0.5) is 4.39 Å². The van der Waals surface area contributed by atoms with Crippen molar-refractivity contribution in [2.75, 3.05) is 0 Å². The summed E-state index contributed by atoms with van der Waals surface area (Å²) in [7, 11) is 0. The Bertz CT molecular complexity index is 205. The second kappa shape index (κ2) is 3.50. The fourth-order valence-corrected chi connectivity index (χ4v) is 3.63. The van der Waals surface area contributed by atoms with E-state index in [4.69, 9.17) is 0 Å². The molecule has 2 aliphatic rings. The van der Waals surface area contributed by atoms with E-state index < -0.39 is 6.17 Å². The van der Waals surface area contributed by atoms with Crippen molar-refractivity contribution in [2.24, 2.45) is 23.2 Å². The highest BCUT2D eigenvalue weighted by atomic mass is 19.1. The first-order valence-corrected chi connectivity index (χ1v) is 6.18. The van der Waals surface area contributed by atoms with Gasteiger partial charge in [0.1, 0.15) is 6.17 Å². The van der Waals surface area contributed by atoms with Crippen molar-refractivity contribution in [1.82, 2.24) is 0 Å². The second-order valence-corrected chi connectivity index (χ2v) is 5.99. The molecule has 0 aliphatic heterocycles. The van der Waals surface area contributed by atoms with Crippen LogP contribution in [0.5, 0.6) is 0 Å². The summed E-state index contributed by atoms with van der Waals surface area (Å²) in [6.45, 7) is 7.11. The normalized spacial score (nSPS) is 48.2. The molecule has 0 heterocycles. The molecule has 0 aromatic heterocycles. The summed E-state index contributed by atoms with van der Waals surface area (Å²) >= 11 is 0. The van der Waals surface area contributed by atoms with Crippen LogP contribution in [-0.2, 0) is 0 Å². The molecule has 0 aromatic rings. The van der Waals surface area contributed by atoms with Gasteiger partial charge in [0, 0.05) is 0 Å². The predicted molar refractivity (Wildman–Crippen MR) is 57.9 cm³/mol. The molecular formula is C13H23F. The van der Waals surface area contributed by atoms with Crippen LogP contribution in [0.15, 0.2) is 0 Å². The van der Waals surface area contributed by atoms with Crippen LogP contribution in [0.2, 0.25) is 0 Å². The van der Waals surface area contributed by atoms with E-state index in [1.54, 1.807) is 0 Å². The van der Waals surface area contributed by atoms with Gasteiger partial charge in [0.15, 0.2) is 0 Å². The van der Waals surface area contributed by atoms with Crippen LogP contribution in [0.25, 0.3) is 0 Å². The molecule has 0 radical (unpaired) electrons. The summed E-state index contributed by atoms with van der Waals surface area (Å²) in [6.07, 6.45) is 5.32. The average Bonchev–Trinajstić information content (AvgIpc) is 2.43. The number of alkyl halides is 1. The molecule has 0 spiro atoms. The number of halogens is 1. The topological polar surface area (TPSA) is 0 Å². The fraction of sp³-hybridized carbons (Fsp3) is 1.00. The molecular weight excluding hydrogens is 175 g/mol. The van der Waals surface area contributed by atoms with Gasteiger partial charge in [0.25, 0.3) is 0 Å². The molecule has 0 saturated heterocycles. The molecule has 2 saturated carbocycles. The van der Waals surface area contributed by atoms with Crippen LogP contribution in [0.1, 0.15) is 52.9 Å². The lowest BCUT2D eigenvalue weighted by Gasteiger charge is -2.45. The van der Waals surface area contributed by atoms with Gasteiger partial charge in [-0.3, -0.25) is 0 Å². The number of rotatable bonds is 2. The highest BCUT2D eigenvalue weighted by molar-refractivity contribution is 4.97. The number of hydrogen-bond donors (Lipinski definition) is 0. The van der Waals surface area contributed by atoms with Crippen molar-refractivity contribution in [3.05, 3.63) is 0 Å². The molecule has 2 fully saturated rings. The van der Waals surface area contributed by atoms with Crippen molar-refractivity contribution in [1.29, 1.82) is 0 Å². The van der Waals surface area contributed by atoms with Gasteiger partial charge in [0.2, 0.25) is 0 Å². The molecule has 2 atom stereocenters. The quantitative estimate of drug-likeness (QED) is 0.624. The van der Waals surface area contributed by atoms with Gasteiger partial charge < -0.3 is 0 Å². The van der Waals surface area contributed by atoms with Gasteiger partial charge in [-0.15, -0.1) is 0 Å². The van der Waals surface area contributed by atoms with Crippen LogP contribution in [0.3, 0.4) is 0 Å². The van der Waals surface area contributed by atoms with Gasteiger partial charge in [0.05, 0.1) is 0 Å². The van der Waals surface area contributed by atoms with E-state index in [9.17, 15) is 4.39 Å². The lowest BCUT2D eigenvalue weighted by atomic mass is 9.61. The zero-order valence-electron chi connectivity index (χ0n) is 9.72. The van der Waals surface area contributed by atoms with Crippen LogP contribution in [-0.4, -0.2) is 6.17 Å². The lowest BCUT2D eigenvalue weighted by molar-refractivity contribution is 0.0127. The maximum Gasteiger partial charge on any atom is 0.101 e. The minimum atomic E-state index is -0.475. The van der Waals surface area contributed by atoms with Crippen LogP contribution < -0.4 is 0 Å². The summed E-state index contributed by atoms with van der Waals surface area (Å²) in [5, 5.41) is 0. The molecule has 14 heavy (non-hydrogen) atoms. The monoisotopic (exact) mass is 198 g/mol. The molecule has 0 N–H and O–H groups in total. The average molecular weight is 198 g/mol. The largest absolute Gasteiger partial charge is 0.247 e. The van der Waals surface area contributed by atoms with Crippen molar-refractivity contribution >= 4 is 0 Å². The maximum atomic E-state index is 12.9. The first-order valence-electron chi connectivity index (χ1n) is 6.18. The Balaban J connectivity index is 2.03. The molecule has 0 nitrogen and oxygen atoms in total. The Morgan fingerprint density at radius 3 is 2.43 bits per heavy atom. The van der Waals surface area contributed by atoms with E-state index in [1.165, 1.54) is 19.3 Å². The van der Waals surface area contributed by atoms with E-state index in [2.05, 4.69) is 20.8 Å². The van der Waals surface area contributed by atoms with Crippen LogP contribution in [0, 0.1) is 23.2 Å². The third-order valence-electron chi connectivity index (χ3n) is 5.08. The zero-order valence-corrected chi connectivity index (χ0v) is 9.72. The Labute approximate surface area is 87.3 Å². The third kappa shape index (κ3) is 1.49. The van der Waals surface area contributed by atoms with Crippen molar-refractivity contribution in [2.45, 2.75) is 59.0 Å². The van der Waals surface area contributed by atoms with Crippen molar-refractivity contribution in [3.8, 4) is 0 Å². The molecule has 2 rings (SSSR count). The van der Waals surface area contributed by atoms with Gasteiger partial charge in [-0.2, -0.15) is 0 Å². The first-order chi connectivity index (χ1) is 6.54. The van der Waals surface area contributed by atoms with Gasteiger partial charge in [-0.05, 0) is 48.9 Å². The summed E-state index contributed by atoms with van der Waals surface area (Å²) in [6, 6.07) is 0. The van der Waals surface area contributed by atoms with E-state index in [0.717, 1.165) is 24.7 Å². The Morgan fingerprint density at radius 1 is 1.29 bits per heavy atom. The third-order valence-corrected chi connectivity index (χ3v) is 5.08. The molecule has 2 aliphatic carbocycles. The van der Waals surface area contributed by atoms with Crippen molar-refractivity contribution < 1.29 is 4.39 Å². The Hall–Kier alpha value is -0.0700. The molecule has 1 heteroatoms. The number of hydrogen-bond acceptors (Lipinski definition) is 0. The minimum Gasteiger partial charge on any atom is -0.247 e. The first kappa shape index (κ1) is 10.4. The smallest absolute Gasteiger partial charge is 0.101 e. The Kier molecular flexibility index (Phi) is 2.61. The van der Waals surface area contributed by atoms with E-state index >= 15 is 0 Å². The standard InChI is InChI=1S/C13H23F/c1-9(2)13(3)6-4-5-12(13)10-7-11(14)8-10/h9-12H,4-8H2,1-3H3. The van der Waals surface area contributed by atoms with E-state index in [1.807, 2.05) is 0 Å². The molecule has 2 unspecified atom stereocenters. The molecule has 0 aromatic carbocycles. The zero-order chi connectivity index (χ0) is 10.3. The van der Waals surface area contributed by atoms with Gasteiger partial charge in [-0.1, -0.05) is 27.2 Å². The van der Waals surface area contributed by atoms with Crippen LogP contribution >= 0.6 is 0 Å². The molecule has 0 amide bonds. The summed E-state index contributed by atoms with van der Waals surface area (Å²) in [4.78, 5) is 0. The summed E-state index contributed by atoms with van der Waals surface area (Å²) in [5.41, 5.74) is 0.505. The summed E-state index contributed by atoms with van der Waals surface area (Å²) < 4.78 is 12.9. The van der Waals surface area contributed by atoms with E-state index in [-0.39, 0.29) is 0 Å². The highest BCUT2D eigenvalue weighted by Gasteiger charge is 2.48. The van der Waals surface area contributed by atoms with Gasteiger partial charge >= 0.3 is 0 Å². The SMILES string of the molecule is CC(C)C1(C)CCCC1C1CC(F)C1. The van der Waals surface area contributed by atoms with Crippen molar-refractivity contribution in [3.63, 3.8) is 0 Å². The molecule has 82 valence electrons. The van der Waals surface area contributed by atoms with Gasteiger partial charge in [-0.25, -0.2) is 4.39 Å². The fourth-order valence-electron chi connectivity index (χ4n) is 3.63. The lowest BCUT2D eigenvalue weighted by Crippen LogP contribution is -2.39. The Morgan fingerprint density at radius 2 is 1.93 bits per heavy atom. The summed E-state index contributed by atoms with van der Waals surface area (Å²) in [5.74, 6) is 2.28. The second-order valence-electron chi connectivity index (χ2n) is 5.99. The highest BCUT2D eigenvalue weighted by Crippen LogP contribution is 2.55. The predicted octanol–water partition coefficient (Wildman–Crippen LogP) is 4.20. The molecule has 0 bridgehead atoms. The minimum absolute atomic E-state index is 0.475. The van der Waals surface area contributed by atoms with E-state index in [0.29, 0.717) is 11.3 Å².